The number of carbonyl (C=O) groups is 3. The highest BCUT2D eigenvalue weighted by molar-refractivity contribution is 6.05. The van der Waals surface area contributed by atoms with Crippen LogP contribution in [0.4, 0.5) is 0 Å². The zero-order valence-corrected chi connectivity index (χ0v) is 17.2. The van der Waals surface area contributed by atoms with Crippen molar-refractivity contribution >= 4 is 17.7 Å². The van der Waals surface area contributed by atoms with Gasteiger partial charge in [-0.3, -0.25) is 24.6 Å². The molecule has 3 amide bonds. The van der Waals surface area contributed by atoms with Crippen LogP contribution >= 0.6 is 0 Å². The number of nitrogens with zero attached hydrogens (tertiary/aromatic N) is 2. The van der Waals surface area contributed by atoms with E-state index in [1.54, 1.807) is 4.90 Å². The van der Waals surface area contributed by atoms with Gasteiger partial charge in [-0.25, -0.2) is 0 Å². The van der Waals surface area contributed by atoms with Crippen molar-refractivity contribution in [3.05, 3.63) is 34.9 Å². The van der Waals surface area contributed by atoms with Gasteiger partial charge in [0.15, 0.2) is 0 Å². The van der Waals surface area contributed by atoms with E-state index in [0.717, 1.165) is 43.7 Å². The minimum Gasteiger partial charge on any atom is -0.322 e. The van der Waals surface area contributed by atoms with E-state index in [-0.39, 0.29) is 24.1 Å². The average molecular weight is 399 g/mol. The normalized spacial score (nSPS) is 25.9. The molecular weight excluding hydrogens is 368 g/mol. The molecule has 0 radical (unpaired) electrons. The molecule has 2 fully saturated rings. The monoisotopic (exact) mass is 398 g/mol. The van der Waals surface area contributed by atoms with Crippen LogP contribution in [0.1, 0.15) is 54.6 Å². The number of carbonyl (C=O) groups excluding carboxylic acids is 3. The Hall–Kier alpha value is -2.25. The number of benzene rings is 1. The summed E-state index contributed by atoms with van der Waals surface area (Å²) in [5, 5.41) is 5.88. The van der Waals surface area contributed by atoms with E-state index in [9.17, 15) is 14.4 Å². The molecule has 156 valence electrons. The standard InChI is InChI=1S/C22H30N4O3/c1-14(2)19-11-23-8-3-9-25(19)12-15-4-5-16-13-26(22(29)17(16)10-15)18-6-7-20(27)24-21(18)28/h4-5,10,14,18-19,23H,3,6-9,11-13H2,1-2H3,(H,24,27,28). The van der Waals surface area contributed by atoms with E-state index in [1.165, 1.54) is 0 Å². The van der Waals surface area contributed by atoms with Gasteiger partial charge in [-0.05, 0) is 42.5 Å². The van der Waals surface area contributed by atoms with E-state index < -0.39 is 6.04 Å². The van der Waals surface area contributed by atoms with Crippen molar-refractivity contribution in [3.8, 4) is 0 Å². The van der Waals surface area contributed by atoms with Crippen molar-refractivity contribution in [2.24, 2.45) is 5.92 Å². The molecule has 1 aromatic rings. The number of imide groups is 1. The zero-order valence-electron chi connectivity index (χ0n) is 17.2. The van der Waals surface area contributed by atoms with Crippen LogP contribution in [0.5, 0.6) is 0 Å². The van der Waals surface area contributed by atoms with Crippen LogP contribution in [0, 0.1) is 5.92 Å². The van der Waals surface area contributed by atoms with Gasteiger partial charge in [0.05, 0.1) is 0 Å². The second-order valence-electron chi connectivity index (χ2n) is 8.73. The van der Waals surface area contributed by atoms with Crippen LogP contribution in [0.3, 0.4) is 0 Å². The molecule has 0 saturated carbocycles. The Labute approximate surface area is 171 Å². The van der Waals surface area contributed by atoms with Gasteiger partial charge in [0.25, 0.3) is 5.91 Å². The molecule has 3 aliphatic heterocycles. The minimum atomic E-state index is -0.557. The number of rotatable bonds is 4. The summed E-state index contributed by atoms with van der Waals surface area (Å²) in [6, 6.07) is 6.05. The fraction of sp³-hybridized carbons (Fsp3) is 0.591. The number of fused-ring (bicyclic) bond motifs is 1. The van der Waals surface area contributed by atoms with Gasteiger partial charge >= 0.3 is 0 Å². The first-order valence-electron chi connectivity index (χ1n) is 10.7. The Kier molecular flexibility index (Phi) is 5.69. The van der Waals surface area contributed by atoms with Crippen LogP contribution in [0.15, 0.2) is 18.2 Å². The lowest BCUT2D eigenvalue weighted by molar-refractivity contribution is -0.136. The molecular formula is C22H30N4O3. The molecule has 3 aliphatic rings. The van der Waals surface area contributed by atoms with Crippen molar-refractivity contribution in [3.63, 3.8) is 0 Å². The lowest BCUT2D eigenvalue weighted by atomic mass is 10.0. The third-order valence-corrected chi connectivity index (χ3v) is 6.37. The highest BCUT2D eigenvalue weighted by Crippen LogP contribution is 2.29. The molecule has 4 rings (SSSR count). The van der Waals surface area contributed by atoms with Gasteiger partial charge in [0.2, 0.25) is 11.8 Å². The SMILES string of the molecule is CC(C)C1CNCCCN1Cc1ccc2c(c1)C(=O)N(C1CCC(=O)NC1=O)C2. The van der Waals surface area contributed by atoms with Gasteiger partial charge in [-0.1, -0.05) is 26.0 Å². The minimum absolute atomic E-state index is 0.103. The third-order valence-electron chi connectivity index (χ3n) is 6.37. The molecule has 7 nitrogen and oxygen atoms in total. The maximum absolute atomic E-state index is 13.0. The average Bonchev–Trinajstić information content (AvgIpc) is 2.85. The number of hydrogen-bond acceptors (Lipinski definition) is 5. The first-order chi connectivity index (χ1) is 13.9. The number of hydrogen-bond donors (Lipinski definition) is 2. The highest BCUT2D eigenvalue weighted by Gasteiger charge is 2.39. The van der Waals surface area contributed by atoms with Gasteiger partial charge in [-0.15, -0.1) is 0 Å². The Morgan fingerprint density at radius 2 is 2.03 bits per heavy atom. The van der Waals surface area contributed by atoms with Crippen molar-refractivity contribution in [1.29, 1.82) is 0 Å². The van der Waals surface area contributed by atoms with E-state index in [2.05, 4.69) is 35.4 Å². The number of amides is 3. The van der Waals surface area contributed by atoms with Crippen molar-refractivity contribution < 1.29 is 14.4 Å². The summed E-state index contributed by atoms with van der Waals surface area (Å²) in [6.45, 7) is 8.85. The Bertz CT molecular complexity index is 822. The van der Waals surface area contributed by atoms with Crippen molar-refractivity contribution in [2.75, 3.05) is 19.6 Å². The number of nitrogens with one attached hydrogen (secondary N) is 2. The third kappa shape index (κ3) is 4.07. The molecule has 29 heavy (non-hydrogen) atoms. The van der Waals surface area contributed by atoms with Gasteiger partial charge < -0.3 is 10.2 Å². The summed E-state index contributed by atoms with van der Waals surface area (Å²) in [7, 11) is 0. The van der Waals surface area contributed by atoms with Crippen molar-refractivity contribution in [1.82, 2.24) is 20.4 Å². The van der Waals surface area contributed by atoms with E-state index in [1.807, 2.05) is 12.1 Å². The molecule has 1 aromatic carbocycles. The van der Waals surface area contributed by atoms with Crippen molar-refractivity contribution in [2.45, 2.75) is 58.3 Å². The van der Waals surface area contributed by atoms with Crippen LogP contribution < -0.4 is 10.6 Å². The maximum Gasteiger partial charge on any atom is 0.255 e. The van der Waals surface area contributed by atoms with Gasteiger partial charge in [0, 0.05) is 44.2 Å². The van der Waals surface area contributed by atoms with E-state index >= 15 is 0 Å². The summed E-state index contributed by atoms with van der Waals surface area (Å²) in [5.41, 5.74) is 2.79. The molecule has 0 bridgehead atoms. The van der Waals surface area contributed by atoms with Crippen LogP contribution in [-0.2, 0) is 22.7 Å². The van der Waals surface area contributed by atoms with Gasteiger partial charge in [0.1, 0.15) is 6.04 Å². The first kappa shape index (κ1) is 20.0. The van der Waals surface area contributed by atoms with Crippen LogP contribution in [-0.4, -0.2) is 59.2 Å². The molecule has 2 atom stereocenters. The zero-order chi connectivity index (χ0) is 20.5. The summed E-state index contributed by atoms with van der Waals surface area (Å²) < 4.78 is 0. The fourth-order valence-electron chi connectivity index (χ4n) is 4.74. The van der Waals surface area contributed by atoms with Gasteiger partial charge in [-0.2, -0.15) is 0 Å². The predicted octanol–water partition coefficient (Wildman–Crippen LogP) is 1.27. The predicted molar refractivity (Wildman–Crippen MR) is 109 cm³/mol. The molecule has 0 aromatic heterocycles. The lowest BCUT2D eigenvalue weighted by Gasteiger charge is -2.32. The summed E-state index contributed by atoms with van der Waals surface area (Å²) in [4.78, 5) is 40.8. The van der Waals surface area contributed by atoms with E-state index in [4.69, 9.17) is 0 Å². The quantitative estimate of drug-likeness (QED) is 0.747. The highest BCUT2D eigenvalue weighted by atomic mass is 16.2. The molecule has 3 heterocycles. The molecule has 0 spiro atoms. The summed E-state index contributed by atoms with van der Waals surface area (Å²) >= 11 is 0. The lowest BCUT2D eigenvalue weighted by Crippen LogP contribution is -2.52. The Balaban J connectivity index is 1.50. The maximum atomic E-state index is 13.0. The van der Waals surface area contributed by atoms with Crippen LogP contribution in [0.25, 0.3) is 0 Å². The second-order valence-corrected chi connectivity index (χ2v) is 8.73. The smallest absolute Gasteiger partial charge is 0.255 e. The summed E-state index contributed by atoms with van der Waals surface area (Å²) in [6.07, 6.45) is 1.80. The number of piperidine rings is 1. The van der Waals surface area contributed by atoms with Crippen LogP contribution in [0.2, 0.25) is 0 Å². The van der Waals surface area contributed by atoms with E-state index in [0.29, 0.717) is 30.5 Å². The largest absolute Gasteiger partial charge is 0.322 e. The second kappa shape index (κ2) is 8.24. The first-order valence-corrected chi connectivity index (χ1v) is 10.7. The Morgan fingerprint density at radius 3 is 2.79 bits per heavy atom. The molecule has 2 N–H and O–H groups in total. The topological polar surface area (TPSA) is 81.8 Å². The summed E-state index contributed by atoms with van der Waals surface area (Å²) in [5.74, 6) is -0.169. The Morgan fingerprint density at radius 1 is 1.21 bits per heavy atom. The molecule has 0 aliphatic carbocycles. The molecule has 7 heteroatoms. The molecule has 2 unspecified atom stereocenters. The fourth-order valence-corrected chi connectivity index (χ4v) is 4.74. The molecule has 2 saturated heterocycles.